The van der Waals surface area contributed by atoms with E-state index in [0.717, 1.165) is 25.9 Å². The van der Waals surface area contributed by atoms with Crippen LogP contribution in [0.1, 0.15) is 44.7 Å². The lowest BCUT2D eigenvalue weighted by molar-refractivity contribution is 0.118. The highest BCUT2D eigenvalue weighted by atomic mass is 32.1. The summed E-state index contributed by atoms with van der Waals surface area (Å²) in [6, 6.07) is -0.000310. The number of hydrogen-bond acceptors (Lipinski definition) is 5. The van der Waals surface area contributed by atoms with Gasteiger partial charge in [-0.25, -0.2) is 0 Å². The van der Waals surface area contributed by atoms with Gasteiger partial charge in [0.1, 0.15) is 5.56 Å². The van der Waals surface area contributed by atoms with Crippen molar-refractivity contribution < 1.29 is 9.84 Å². The Balaban J connectivity index is 2.28. The molecule has 0 spiro atoms. The SMILES string of the molecule is CC[C@H](C)n1c(O)c(C=NC[C@@H]2CCCO2)c(=O)[nH]c1=S. The monoisotopic (exact) mass is 311 g/mol. The molecule has 0 unspecified atom stereocenters. The van der Waals surface area contributed by atoms with E-state index in [0.29, 0.717) is 6.54 Å². The largest absolute Gasteiger partial charge is 0.494 e. The molecule has 2 heterocycles. The number of aliphatic imine (C=N–C) groups is 1. The number of ether oxygens (including phenoxy) is 1. The van der Waals surface area contributed by atoms with Crippen LogP contribution in [0.2, 0.25) is 0 Å². The van der Waals surface area contributed by atoms with Gasteiger partial charge in [-0.3, -0.25) is 19.3 Å². The Bertz CT molecular complexity index is 629. The van der Waals surface area contributed by atoms with Crippen LogP contribution in [0.5, 0.6) is 5.88 Å². The maximum absolute atomic E-state index is 11.9. The minimum atomic E-state index is -0.423. The van der Waals surface area contributed by atoms with E-state index in [4.69, 9.17) is 17.0 Å². The van der Waals surface area contributed by atoms with E-state index in [-0.39, 0.29) is 28.4 Å². The first-order chi connectivity index (χ1) is 10.0. The van der Waals surface area contributed by atoms with Gasteiger partial charge in [0.2, 0.25) is 5.88 Å². The van der Waals surface area contributed by atoms with Gasteiger partial charge in [-0.1, -0.05) is 6.92 Å². The first-order valence-corrected chi connectivity index (χ1v) is 7.64. The highest BCUT2D eigenvalue weighted by molar-refractivity contribution is 7.71. The maximum Gasteiger partial charge on any atom is 0.264 e. The zero-order valence-corrected chi connectivity index (χ0v) is 13.2. The second kappa shape index (κ2) is 7.00. The summed E-state index contributed by atoms with van der Waals surface area (Å²) >= 11 is 5.11. The predicted molar refractivity (Wildman–Crippen MR) is 84.0 cm³/mol. The molecular weight excluding hydrogens is 290 g/mol. The first-order valence-electron chi connectivity index (χ1n) is 7.23. The number of aromatic nitrogens is 2. The number of rotatable bonds is 5. The molecule has 21 heavy (non-hydrogen) atoms. The fourth-order valence-corrected chi connectivity index (χ4v) is 2.67. The third kappa shape index (κ3) is 3.59. The standard InChI is InChI=1S/C14H21N3O3S/c1-3-9(2)17-13(19)11(12(18)16-14(17)21)8-15-7-10-5-4-6-20-10/h8-10,19H,3-7H2,1-2H3,(H,16,18,21)/t9-,10-/m0/s1. The number of nitrogens with zero attached hydrogens (tertiary/aromatic N) is 2. The van der Waals surface area contributed by atoms with Gasteiger partial charge in [-0.05, 0) is 38.4 Å². The first kappa shape index (κ1) is 15.9. The normalized spacial score (nSPS) is 20.2. The molecule has 1 aromatic heterocycles. The number of H-pyrrole nitrogens is 1. The van der Waals surface area contributed by atoms with Crippen LogP contribution in [0.15, 0.2) is 9.79 Å². The fourth-order valence-electron chi connectivity index (χ4n) is 2.31. The van der Waals surface area contributed by atoms with Crippen molar-refractivity contribution >= 4 is 18.4 Å². The van der Waals surface area contributed by atoms with E-state index in [1.54, 1.807) is 4.57 Å². The van der Waals surface area contributed by atoms with Crippen LogP contribution in [-0.2, 0) is 4.74 Å². The van der Waals surface area contributed by atoms with Crippen molar-refractivity contribution in [3.8, 4) is 5.88 Å². The molecule has 2 N–H and O–H groups in total. The number of nitrogens with one attached hydrogen (secondary N) is 1. The van der Waals surface area contributed by atoms with Crippen LogP contribution in [-0.4, -0.2) is 40.1 Å². The molecule has 1 aromatic rings. The Morgan fingerprint density at radius 3 is 3.05 bits per heavy atom. The van der Waals surface area contributed by atoms with Crippen molar-refractivity contribution in [2.24, 2.45) is 4.99 Å². The zero-order chi connectivity index (χ0) is 15.4. The van der Waals surface area contributed by atoms with Crippen molar-refractivity contribution in [1.82, 2.24) is 9.55 Å². The predicted octanol–water partition coefficient (Wildman–Crippen LogP) is 2.18. The summed E-state index contributed by atoms with van der Waals surface area (Å²) in [5.41, 5.74) is -0.282. The van der Waals surface area contributed by atoms with Crippen molar-refractivity contribution in [2.75, 3.05) is 13.2 Å². The Hall–Kier alpha value is -1.47. The number of hydrogen-bond donors (Lipinski definition) is 2. The van der Waals surface area contributed by atoms with Crippen LogP contribution in [0, 0.1) is 4.77 Å². The van der Waals surface area contributed by atoms with Crippen molar-refractivity contribution in [3.05, 3.63) is 20.7 Å². The quantitative estimate of drug-likeness (QED) is 0.645. The van der Waals surface area contributed by atoms with Crippen LogP contribution in [0.3, 0.4) is 0 Å². The minimum Gasteiger partial charge on any atom is -0.494 e. The molecule has 7 heteroatoms. The smallest absolute Gasteiger partial charge is 0.264 e. The van der Waals surface area contributed by atoms with Crippen LogP contribution in [0.4, 0.5) is 0 Å². The number of aromatic amines is 1. The minimum absolute atomic E-state index is 0.000310. The number of aromatic hydroxyl groups is 1. The fraction of sp³-hybridized carbons (Fsp3) is 0.643. The summed E-state index contributed by atoms with van der Waals surface area (Å²) in [5, 5.41) is 10.3. The summed E-state index contributed by atoms with van der Waals surface area (Å²) in [6.07, 6.45) is 4.34. The van der Waals surface area contributed by atoms with Crippen molar-refractivity contribution in [2.45, 2.75) is 45.3 Å². The van der Waals surface area contributed by atoms with Crippen LogP contribution >= 0.6 is 12.2 Å². The molecule has 0 amide bonds. The zero-order valence-electron chi connectivity index (χ0n) is 12.3. The van der Waals surface area contributed by atoms with Crippen molar-refractivity contribution in [3.63, 3.8) is 0 Å². The Morgan fingerprint density at radius 1 is 1.67 bits per heavy atom. The lowest BCUT2D eigenvalue weighted by Gasteiger charge is -2.16. The average Bonchev–Trinajstić information content (AvgIpc) is 2.95. The molecule has 2 rings (SSSR count). The van der Waals surface area contributed by atoms with Gasteiger partial charge in [-0.15, -0.1) is 0 Å². The van der Waals surface area contributed by atoms with Gasteiger partial charge in [0.15, 0.2) is 4.77 Å². The molecule has 1 aliphatic rings. The maximum atomic E-state index is 11.9. The molecule has 6 nitrogen and oxygen atoms in total. The Morgan fingerprint density at radius 2 is 2.43 bits per heavy atom. The van der Waals surface area contributed by atoms with Gasteiger partial charge in [0.05, 0.1) is 12.6 Å². The molecule has 0 radical (unpaired) electrons. The van der Waals surface area contributed by atoms with Gasteiger partial charge in [0, 0.05) is 18.9 Å². The van der Waals surface area contributed by atoms with Gasteiger partial charge in [-0.2, -0.15) is 0 Å². The summed E-state index contributed by atoms with van der Waals surface area (Å²) < 4.78 is 7.24. The third-order valence-corrected chi connectivity index (χ3v) is 4.04. The van der Waals surface area contributed by atoms with Gasteiger partial charge in [0.25, 0.3) is 5.56 Å². The van der Waals surface area contributed by atoms with E-state index in [9.17, 15) is 9.90 Å². The van der Waals surface area contributed by atoms with E-state index >= 15 is 0 Å². The molecule has 1 aliphatic heterocycles. The highest BCUT2D eigenvalue weighted by Crippen LogP contribution is 2.20. The topological polar surface area (TPSA) is 79.6 Å². The Kier molecular flexibility index (Phi) is 5.30. The van der Waals surface area contributed by atoms with Crippen molar-refractivity contribution in [1.29, 1.82) is 0 Å². The second-order valence-corrected chi connectivity index (χ2v) is 5.64. The molecule has 0 saturated carbocycles. The van der Waals surface area contributed by atoms with E-state index in [1.807, 2.05) is 13.8 Å². The lowest BCUT2D eigenvalue weighted by atomic mass is 10.2. The molecule has 1 fully saturated rings. The molecular formula is C14H21N3O3S. The lowest BCUT2D eigenvalue weighted by Crippen LogP contribution is -2.20. The molecule has 0 aliphatic carbocycles. The molecule has 1 saturated heterocycles. The van der Waals surface area contributed by atoms with E-state index in [2.05, 4.69) is 9.98 Å². The average molecular weight is 311 g/mol. The van der Waals surface area contributed by atoms with E-state index in [1.165, 1.54) is 6.21 Å². The molecule has 0 bridgehead atoms. The van der Waals surface area contributed by atoms with Crippen LogP contribution < -0.4 is 5.56 Å². The van der Waals surface area contributed by atoms with E-state index < -0.39 is 5.56 Å². The Labute approximate surface area is 128 Å². The molecule has 116 valence electrons. The summed E-state index contributed by atoms with van der Waals surface area (Å²) in [5.74, 6) is -0.130. The van der Waals surface area contributed by atoms with Gasteiger partial charge >= 0.3 is 0 Å². The summed E-state index contributed by atoms with van der Waals surface area (Å²) in [4.78, 5) is 18.7. The highest BCUT2D eigenvalue weighted by Gasteiger charge is 2.16. The molecule has 2 atom stereocenters. The summed E-state index contributed by atoms with van der Waals surface area (Å²) in [6.45, 7) is 5.19. The molecule has 0 aromatic carbocycles. The third-order valence-electron chi connectivity index (χ3n) is 3.74. The summed E-state index contributed by atoms with van der Waals surface area (Å²) in [7, 11) is 0. The van der Waals surface area contributed by atoms with Crippen LogP contribution in [0.25, 0.3) is 0 Å². The second-order valence-electron chi connectivity index (χ2n) is 5.25. The van der Waals surface area contributed by atoms with Gasteiger partial charge < -0.3 is 9.84 Å².